The number of rotatable bonds is 0. The first-order chi connectivity index (χ1) is 10.3. The van der Waals surface area contributed by atoms with Crippen molar-refractivity contribution in [3.05, 3.63) is 41.5 Å². The first kappa shape index (κ1) is 15.1. The molecule has 0 unspecified atom stereocenters. The molecule has 0 radical (unpaired) electrons. The molecule has 0 saturated carbocycles. The minimum Gasteiger partial charge on any atom is -0.444 e. The van der Waals surface area contributed by atoms with E-state index in [4.69, 9.17) is 4.74 Å². The van der Waals surface area contributed by atoms with Gasteiger partial charge in [0.05, 0.1) is 0 Å². The van der Waals surface area contributed by atoms with Gasteiger partial charge < -0.3 is 9.64 Å². The zero-order valence-corrected chi connectivity index (χ0v) is 14.0. The fourth-order valence-corrected chi connectivity index (χ4v) is 3.66. The van der Waals surface area contributed by atoms with Gasteiger partial charge in [-0.05, 0) is 57.2 Å². The summed E-state index contributed by atoms with van der Waals surface area (Å²) in [6.07, 6.45) is 4.17. The minimum atomic E-state index is -0.428. The Morgan fingerprint density at radius 3 is 2.45 bits per heavy atom. The first-order valence-corrected chi connectivity index (χ1v) is 8.08. The van der Waals surface area contributed by atoms with Crippen LogP contribution < -0.4 is 0 Å². The van der Waals surface area contributed by atoms with E-state index in [0.29, 0.717) is 0 Å². The summed E-state index contributed by atoms with van der Waals surface area (Å²) in [5, 5.41) is 0. The fraction of sp³-hybridized carbons (Fsp3) is 0.526. The second kappa shape index (κ2) is 5.15. The average Bonchev–Trinajstić information content (AvgIpc) is 2.71. The quantitative estimate of drug-likeness (QED) is 0.712. The molecule has 0 atom stereocenters. The third-order valence-corrected chi connectivity index (χ3v) is 4.69. The molecule has 3 heteroatoms. The topological polar surface area (TPSA) is 29.5 Å². The molecule has 1 aliphatic heterocycles. The van der Waals surface area contributed by atoms with Gasteiger partial charge in [-0.3, -0.25) is 0 Å². The minimum absolute atomic E-state index is 0.110. The third-order valence-electron chi connectivity index (χ3n) is 4.69. The molecule has 1 saturated heterocycles. The molecule has 3 rings (SSSR count). The number of piperidine rings is 1. The average molecular weight is 299 g/mol. The Labute approximate surface area is 133 Å². The summed E-state index contributed by atoms with van der Waals surface area (Å²) >= 11 is 0. The van der Waals surface area contributed by atoms with E-state index >= 15 is 0 Å². The predicted molar refractivity (Wildman–Crippen MR) is 88.8 cm³/mol. The number of hydrogen-bond acceptors (Lipinski definition) is 2. The Morgan fingerprint density at radius 2 is 1.82 bits per heavy atom. The van der Waals surface area contributed by atoms with Gasteiger partial charge in [-0.15, -0.1) is 0 Å². The van der Waals surface area contributed by atoms with Crippen LogP contribution in [0.25, 0.3) is 5.57 Å². The lowest BCUT2D eigenvalue weighted by molar-refractivity contribution is 0.0184. The standard InChI is InChI=1S/C19H25NO2/c1-14-13-19(16-8-6-5-7-15(14)16)9-11-20(12-10-19)17(21)22-18(2,3)4/h5-8,13H,9-12H2,1-4H3. The highest BCUT2D eigenvalue weighted by molar-refractivity contribution is 5.76. The smallest absolute Gasteiger partial charge is 0.410 e. The number of carbonyl (C=O) groups excluding carboxylic acids is 1. The molecule has 0 bridgehead atoms. The van der Waals surface area contributed by atoms with Crippen molar-refractivity contribution in [3.8, 4) is 0 Å². The Balaban J connectivity index is 1.74. The second-order valence-electron chi connectivity index (χ2n) is 7.50. The van der Waals surface area contributed by atoms with E-state index in [0.717, 1.165) is 25.9 Å². The summed E-state index contributed by atoms with van der Waals surface area (Å²) in [6.45, 7) is 9.44. The Kier molecular flexibility index (Phi) is 3.54. The zero-order valence-electron chi connectivity index (χ0n) is 14.0. The van der Waals surface area contributed by atoms with Crippen LogP contribution >= 0.6 is 0 Å². The summed E-state index contributed by atoms with van der Waals surface area (Å²) in [5.41, 5.74) is 3.84. The van der Waals surface area contributed by atoms with Crippen LogP contribution in [0.3, 0.4) is 0 Å². The molecule has 22 heavy (non-hydrogen) atoms. The largest absolute Gasteiger partial charge is 0.444 e. The van der Waals surface area contributed by atoms with E-state index in [1.807, 2.05) is 25.7 Å². The van der Waals surface area contributed by atoms with Crippen LogP contribution in [0.2, 0.25) is 0 Å². The molecule has 1 aromatic carbocycles. The van der Waals surface area contributed by atoms with E-state index in [1.165, 1.54) is 16.7 Å². The first-order valence-electron chi connectivity index (χ1n) is 8.08. The van der Waals surface area contributed by atoms with Gasteiger partial charge in [0.25, 0.3) is 0 Å². The normalized spacial score (nSPS) is 19.8. The number of carbonyl (C=O) groups is 1. The van der Waals surface area contributed by atoms with Crippen LogP contribution in [0, 0.1) is 0 Å². The van der Waals surface area contributed by atoms with Crippen LogP contribution in [0.1, 0.15) is 51.7 Å². The fourth-order valence-electron chi connectivity index (χ4n) is 3.66. The molecular formula is C19H25NO2. The van der Waals surface area contributed by atoms with Crippen molar-refractivity contribution in [1.29, 1.82) is 0 Å². The summed E-state index contributed by atoms with van der Waals surface area (Å²) in [4.78, 5) is 14.1. The van der Waals surface area contributed by atoms with Crippen molar-refractivity contribution in [2.45, 2.75) is 51.6 Å². The number of benzene rings is 1. The number of ether oxygens (including phenoxy) is 1. The van der Waals surface area contributed by atoms with Crippen LogP contribution in [-0.2, 0) is 10.2 Å². The summed E-state index contributed by atoms with van der Waals surface area (Å²) < 4.78 is 5.49. The predicted octanol–water partition coefficient (Wildman–Crippen LogP) is 4.37. The van der Waals surface area contributed by atoms with E-state index < -0.39 is 5.60 Å². The Bertz CT molecular complexity index is 617. The van der Waals surface area contributed by atoms with E-state index in [1.54, 1.807) is 0 Å². The van der Waals surface area contributed by atoms with Crippen molar-refractivity contribution in [3.63, 3.8) is 0 Å². The Morgan fingerprint density at radius 1 is 1.18 bits per heavy atom. The lowest BCUT2D eigenvalue weighted by atomic mass is 9.74. The number of likely N-dealkylation sites (tertiary alicyclic amines) is 1. The van der Waals surface area contributed by atoms with Crippen molar-refractivity contribution < 1.29 is 9.53 Å². The van der Waals surface area contributed by atoms with E-state index in [2.05, 4.69) is 37.3 Å². The van der Waals surface area contributed by atoms with Crippen molar-refractivity contribution >= 4 is 11.7 Å². The van der Waals surface area contributed by atoms with Gasteiger partial charge in [0.15, 0.2) is 0 Å². The number of amides is 1. The second-order valence-corrected chi connectivity index (χ2v) is 7.50. The number of allylic oxidation sites excluding steroid dienone is 2. The highest BCUT2D eigenvalue weighted by Gasteiger charge is 2.41. The van der Waals surface area contributed by atoms with Crippen LogP contribution in [0.4, 0.5) is 4.79 Å². The van der Waals surface area contributed by atoms with Crippen LogP contribution in [0.15, 0.2) is 30.3 Å². The SMILES string of the molecule is CC1=CC2(CCN(C(=O)OC(C)(C)C)CC2)c2ccccc21. The molecule has 2 aliphatic rings. The summed E-state index contributed by atoms with van der Waals surface area (Å²) in [6, 6.07) is 8.67. The Hall–Kier alpha value is -1.77. The molecule has 1 heterocycles. The lowest BCUT2D eigenvalue weighted by Gasteiger charge is -2.39. The van der Waals surface area contributed by atoms with Gasteiger partial charge in [0.1, 0.15) is 5.60 Å². The molecule has 0 N–H and O–H groups in total. The van der Waals surface area contributed by atoms with Gasteiger partial charge in [0.2, 0.25) is 0 Å². The van der Waals surface area contributed by atoms with Gasteiger partial charge in [0, 0.05) is 18.5 Å². The van der Waals surface area contributed by atoms with E-state index in [-0.39, 0.29) is 11.5 Å². The molecule has 3 nitrogen and oxygen atoms in total. The lowest BCUT2D eigenvalue weighted by Crippen LogP contribution is -2.45. The van der Waals surface area contributed by atoms with Crippen LogP contribution in [-0.4, -0.2) is 29.7 Å². The molecule has 1 aromatic rings. The maximum atomic E-state index is 12.2. The highest BCUT2D eigenvalue weighted by Crippen LogP contribution is 2.46. The maximum absolute atomic E-state index is 12.2. The van der Waals surface area contributed by atoms with E-state index in [9.17, 15) is 4.79 Å². The van der Waals surface area contributed by atoms with Crippen molar-refractivity contribution in [1.82, 2.24) is 4.90 Å². The number of hydrogen-bond donors (Lipinski definition) is 0. The highest BCUT2D eigenvalue weighted by atomic mass is 16.6. The summed E-state index contributed by atoms with van der Waals surface area (Å²) in [7, 11) is 0. The summed E-state index contributed by atoms with van der Waals surface area (Å²) in [5.74, 6) is 0. The molecular weight excluding hydrogens is 274 g/mol. The van der Waals surface area contributed by atoms with Crippen molar-refractivity contribution in [2.75, 3.05) is 13.1 Å². The molecule has 1 amide bonds. The third kappa shape index (κ3) is 2.65. The molecule has 118 valence electrons. The number of nitrogens with zero attached hydrogens (tertiary/aromatic N) is 1. The molecule has 1 fully saturated rings. The monoisotopic (exact) mass is 299 g/mol. The molecule has 0 aromatic heterocycles. The van der Waals surface area contributed by atoms with Gasteiger partial charge in [-0.2, -0.15) is 0 Å². The van der Waals surface area contributed by atoms with Gasteiger partial charge in [-0.1, -0.05) is 30.3 Å². The van der Waals surface area contributed by atoms with Crippen LogP contribution in [0.5, 0.6) is 0 Å². The van der Waals surface area contributed by atoms with Gasteiger partial charge >= 0.3 is 6.09 Å². The van der Waals surface area contributed by atoms with Crippen molar-refractivity contribution in [2.24, 2.45) is 0 Å². The maximum Gasteiger partial charge on any atom is 0.410 e. The van der Waals surface area contributed by atoms with Gasteiger partial charge in [-0.25, -0.2) is 4.79 Å². The molecule has 1 aliphatic carbocycles. The molecule has 1 spiro atoms. The number of fused-ring (bicyclic) bond motifs is 2. The zero-order chi connectivity index (χ0) is 16.0.